The number of benzene rings is 1. The van der Waals surface area contributed by atoms with Gasteiger partial charge in [-0.25, -0.2) is 4.98 Å². The lowest BCUT2D eigenvalue weighted by atomic mass is 10.1. The number of rotatable bonds is 2. The predicted molar refractivity (Wildman–Crippen MR) is 58.9 cm³/mol. The van der Waals surface area contributed by atoms with Crippen LogP contribution in [-0.4, -0.2) is 21.1 Å². The topological polar surface area (TPSA) is 91.6 Å². The largest absolute Gasteiger partial charge is 0.289 e. The van der Waals surface area contributed by atoms with Gasteiger partial charge < -0.3 is 0 Å². The van der Waals surface area contributed by atoms with Crippen LogP contribution in [0.5, 0.6) is 0 Å². The summed E-state index contributed by atoms with van der Waals surface area (Å²) in [6.07, 6.45) is 2.85. The summed E-state index contributed by atoms with van der Waals surface area (Å²) < 4.78 is 0. The van der Waals surface area contributed by atoms with Gasteiger partial charge in [-0.05, 0) is 24.3 Å². The summed E-state index contributed by atoms with van der Waals surface area (Å²) in [6, 6.07) is 8.23. The highest BCUT2D eigenvalue weighted by Crippen LogP contribution is 2.05. The molecule has 0 bridgehead atoms. The minimum Gasteiger partial charge on any atom is -0.289 e. The van der Waals surface area contributed by atoms with Crippen LogP contribution in [0.4, 0.5) is 5.95 Å². The van der Waals surface area contributed by atoms with Gasteiger partial charge in [0.15, 0.2) is 0 Å². The molecule has 6 heteroatoms. The van der Waals surface area contributed by atoms with Crippen LogP contribution < -0.4 is 5.32 Å². The average molecular weight is 225 g/mol. The molecular weight excluding hydrogens is 218 g/mol. The number of nitrogens with one attached hydrogen (secondary N) is 1. The van der Waals surface area contributed by atoms with Crippen molar-refractivity contribution in [3.63, 3.8) is 0 Å². The normalized spacial score (nSPS) is 9.35. The molecule has 0 unspecified atom stereocenters. The first-order valence-electron chi connectivity index (χ1n) is 4.75. The van der Waals surface area contributed by atoms with Crippen molar-refractivity contribution in [2.45, 2.75) is 0 Å². The molecule has 0 saturated heterocycles. The van der Waals surface area contributed by atoms with Crippen molar-refractivity contribution in [2.24, 2.45) is 0 Å². The molecule has 1 N–H and O–H groups in total. The van der Waals surface area contributed by atoms with Crippen LogP contribution in [0.25, 0.3) is 0 Å². The first-order chi connectivity index (χ1) is 8.29. The Labute approximate surface area is 96.9 Å². The molecule has 0 saturated carbocycles. The van der Waals surface area contributed by atoms with Gasteiger partial charge in [0.2, 0.25) is 5.95 Å². The molecule has 82 valence electrons. The minimum atomic E-state index is -0.345. The molecule has 2 aromatic rings. The lowest BCUT2D eigenvalue weighted by Gasteiger charge is -2.01. The van der Waals surface area contributed by atoms with Gasteiger partial charge in [0.25, 0.3) is 5.91 Å². The fourth-order valence-corrected chi connectivity index (χ4v) is 1.17. The summed E-state index contributed by atoms with van der Waals surface area (Å²) in [5.41, 5.74) is 0.927. The predicted octanol–water partition coefficient (Wildman–Crippen LogP) is 0.996. The molecule has 0 aliphatic heterocycles. The third-order valence-corrected chi connectivity index (χ3v) is 1.98. The molecule has 0 fully saturated rings. The molecule has 1 amide bonds. The highest BCUT2D eigenvalue weighted by molar-refractivity contribution is 6.03. The van der Waals surface area contributed by atoms with Crippen LogP contribution in [0.3, 0.4) is 0 Å². The van der Waals surface area contributed by atoms with E-state index in [9.17, 15) is 4.79 Å². The van der Waals surface area contributed by atoms with E-state index in [0.717, 1.165) is 0 Å². The number of nitriles is 1. The van der Waals surface area contributed by atoms with Crippen LogP contribution in [0.2, 0.25) is 0 Å². The Balaban J connectivity index is 2.13. The molecule has 6 nitrogen and oxygen atoms in total. The number of hydrogen-bond donors (Lipinski definition) is 1. The number of aromatic nitrogens is 3. The van der Waals surface area contributed by atoms with Gasteiger partial charge in [0.1, 0.15) is 0 Å². The van der Waals surface area contributed by atoms with E-state index in [4.69, 9.17) is 5.26 Å². The molecule has 1 heterocycles. The van der Waals surface area contributed by atoms with E-state index in [1.165, 1.54) is 12.4 Å². The second kappa shape index (κ2) is 4.81. The maximum absolute atomic E-state index is 11.7. The zero-order valence-electron chi connectivity index (χ0n) is 8.66. The van der Waals surface area contributed by atoms with Crippen molar-refractivity contribution in [3.8, 4) is 6.07 Å². The maximum atomic E-state index is 11.7. The number of anilines is 1. The summed E-state index contributed by atoms with van der Waals surface area (Å²) >= 11 is 0. The molecule has 1 aromatic heterocycles. The van der Waals surface area contributed by atoms with Crippen LogP contribution in [0, 0.1) is 11.3 Å². The molecule has 0 radical (unpaired) electrons. The zero-order valence-corrected chi connectivity index (χ0v) is 8.66. The monoisotopic (exact) mass is 225 g/mol. The Morgan fingerprint density at radius 3 is 2.59 bits per heavy atom. The summed E-state index contributed by atoms with van der Waals surface area (Å²) in [4.78, 5) is 15.5. The maximum Gasteiger partial charge on any atom is 0.258 e. The van der Waals surface area contributed by atoms with E-state index in [1.54, 1.807) is 24.3 Å². The van der Waals surface area contributed by atoms with Gasteiger partial charge in [-0.1, -0.05) is 0 Å². The molecule has 0 spiro atoms. The third kappa shape index (κ3) is 2.60. The Morgan fingerprint density at radius 1 is 1.24 bits per heavy atom. The van der Waals surface area contributed by atoms with Gasteiger partial charge in [-0.2, -0.15) is 10.4 Å². The van der Waals surface area contributed by atoms with Crippen molar-refractivity contribution < 1.29 is 4.79 Å². The van der Waals surface area contributed by atoms with E-state index in [1.807, 2.05) is 6.07 Å². The Hall–Kier alpha value is -2.81. The van der Waals surface area contributed by atoms with Gasteiger partial charge in [-0.3, -0.25) is 10.1 Å². The first-order valence-corrected chi connectivity index (χ1v) is 4.75. The molecule has 17 heavy (non-hydrogen) atoms. The third-order valence-electron chi connectivity index (χ3n) is 1.98. The fraction of sp³-hybridized carbons (Fsp3) is 0. The Bertz CT molecular complexity index is 559. The summed E-state index contributed by atoms with van der Waals surface area (Å²) in [7, 11) is 0. The van der Waals surface area contributed by atoms with E-state index < -0.39 is 0 Å². The van der Waals surface area contributed by atoms with Crippen LogP contribution in [-0.2, 0) is 0 Å². The van der Waals surface area contributed by atoms with E-state index in [-0.39, 0.29) is 11.9 Å². The first kappa shape index (κ1) is 10.7. The highest BCUT2D eigenvalue weighted by Gasteiger charge is 2.07. The van der Waals surface area contributed by atoms with Gasteiger partial charge in [0, 0.05) is 5.56 Å². The van der Waals surface area contributed by atoms with Crippen molar-refractivity contribution >= 4 is 11.9 Å². The number of nitrogens with zero attached hydrogens (tertiary/aromatic N) is 4. The SMILES string of the molecule is N#Cc1ccc(C(=O)Nc2nccnn2)cc1. The van der Waals surface area contributed by atoms with Crippen molar-refractivity contribution in [3.05, 3.63) is 47.8 Å². The molecule has 1 aromatic carbocycles. The summed E-state index contributed by atoms with van der Waals surface area (Å²) in [5.74, 6) is -0.204. The standard InChI is InChI=1S/C11H7N5O/c12-7-8-1-3-9(4-2-8)10(17)15-11-13-5-6-14-16-11/h1-6H,(H,13,15,16,17). The Kier molecular flexibility index (Phi) is 3.03. The zero-order chi connectivity index (χ0) is 12.1. The quantitative estimate of drug-likeness (QED) is 0.822. The molecular formula is C11H7N5O. The minimum absolute atomic E-state index is 0.141. The number of amides is 1. The fourth-order valence-electron chi connectivity index (χ4n) is 1.17. The van der Waals surface area contributed by atoms with Crippen molar-refractivity contribution in [1.29, 1.82) is 5.26 Å². The molecule has 2 rings (SSSR count). The van der Waals surface area contributed by atoms with Crippen molar-refractivity contribution in [2.75, 3.05) is 5.32 Å². The number of carbonyl (C=O) groups excluding carboxylic acids is 1. The molecule has 0 aliphatic carbocycles. The van der Waals surface area contributed by atoms with Crippen LogP contribution in [0.1, 0.15) is 15.9 Å². The van der Waals surface area contributed by atoms with E-state index >= 15 is 0 Å². The molecule has 0 aliphatic rings. The van der Waals surface area contributed by atoms with Crippen LogP contribution in [0.15, 0.2) is 36.7 Å². The van der Waals surface area contributed by atoms with Gasteiger partial charge >= 0.3 is 0 Å². The molecule has 0 atom stereocenters. The van der Waals surface area contributed by atoms with Gasteiger partial charge in [0.05, 0.1) is 24.0 Å². The highest BCUT2D eigenvalue weighted by atomic mass is 16.1. The smallest absolute Gasteiger partial charge is 0.258 e. The van der Waals surface area contributed by atoms with Crippen molar-refractivity contribution in [1.82, 2.24) is 15.2 Å². The second-order valence-electron chi connectivity index (χ2n) is 3.11. The summed E-state index contributed by atoms with van der Waals surface area (Å²) in [5, 5.41) is 18.3. The lowest BCUT2D eigenvalue weighted by Crippen LogP contribution is -2.14. The van der Waals surface area contributed by atoms with Gasteiger partial charge in [-0.15, -0.1) is 5.10 Å². The second-order valence-corrected chi connectivity index (χ2v) is 3.11. The van der Waals surface area contributed by atoms with Crippen LogP contribution >= 0.6 is 0 Å². The number of hydrogen-bond acceptors (Lipinski definition) is 5. The number of carbonyl (C=O) groups is 1. The van der Waals surface area contributed by atoms with E-state index in [2.05, 4.69) is 20.5 Å². The Morgan fingerprint density at radius 2 is 2.00 bits per heavy atom. The average Bonchev–Trinajstić information content (AvgIpc) is 2.40. The lowest BCUT2D eigenvalue weighted by molar-refractivity contribution is 0.102. The van der Waals surface area contributed by atoms with E-state index in [0.29, 0.717) is 11.1 Å². The summed E-state index contributed by atoms with van der Waals surface area (Å²) in [6.45, 7) is 0.